The molecule has 2 aliphatic heterocycles. The van der Waals surface area contributed by atoms with E-state index in [0.717, 1.165) is 5.56 Å². The number of amidine groups is 1. The molecule has 15 nitrogen and oxygen atoms in total. The number of phosphoric acid groups is 2. The summed E-state index contributed by atoms with van der Waals surface area (Å²) in [5.74, 6) is 0.505. The third-order valence-corrected chi connectivity index (χ3v) is 7.36. The van der Waals surface area contributed by atoms with Gasteiger partial charge in [0.15, 0.2) is 12.1 Å². The minimum Gasteiger partial charge on any atom is -0.387 e. The Morgan fingerprint density at radius 2 is 1.88 bits per heavy atom. The van der Waals surface area contributed by atoms with Crippen LogP contribution in [0, 0.1) is 5.41 Å². The molecule has 2 aromatic rings. The van der Waals surface area contributed by atoms with Crippen molar-refractivity contribution >= 4 is 27.3 Å². The van der Waals surface area contributed by atoms with Gasteiger partial charge in [-0.25, -0.2) is 14.1 Å². The number of benzene rings is 1. The molecule has 7 N–H and O–H groups in total. The molecular formula is C17H23N5O10P2. The van der Waals surface area contributed by atoms with Crippen LogP contribution in [0.15, 0.2) is 36.7 Å². The molecule has 0 spiro atoms. The molecule has 4 rings (SSSR count). The summed E-state index contributed by atoms with van der Waals surface area (Å²) in [6.45, 7) is -0.0806. The van der Waals surface area contributed by atoms with Crippen LogP contribution in [0.25, 0.3) is 0 Å². The minimum absolute atomic E-state index is 0.139. The minimum atomic E-state index is -5.31. The standard InChI is InChI=1S/C17H23N5O10P2/c18-15-12-16(20-8-21(15)6-10-4-2-1-3-5-10)22(9-19-12)17-14(24)13(23)11(31-17)7-30-34(28,29)32-33(25,26)27/h1-5,9,11,13-14,17-18,20,23-24H,6-8H2,(H,28,29)(H2,25,26,27)/t11-,13-,14-,17-/m1/s1. The van der Waals surface area contributed by atoms with Crippen LogP contribution in [0.2, 0.25) is 0 Å². The van der Waals surface area contributed by atoms with Gasteiger partial charge in [0.25, 0.3) is 0 Å². The van der Waals surface area contributed by atoms with E-state index in [0.29, 0.717) is 18.1 Å². The maximum atomic E-state index is 11.6. The zero-order chi connectivity index (χ0) is 24.7. The van der Waals surface area contributed by atoms with Gasteiger partial charge in [-0.05, 0) is 5.56 Å². The average molecular weight is 519 g/mol. The van der Waals surface area contributed by atoms with E-state index in [1.807, 2.05) is 30.3 Å². The average Bonchev–Trinajstić information content (AvgIpc) is 3.30. The first-order valence-electron chi connectivity index (χ1n) is 9.89. The number of nitrogens with zero attached hydrogens (tertiary/aromatic N) is 3. The van der Waals surface area contributed by atoms with Gasteiger partial charge in [0.05, 0.1) is 19.6 Å². The van der Waals surface area contributed by atoms with Crippen molar-refractivity contribution in [2.24, 2.45) is 0 Å². The van der Waals surface area contributed by atoms with Crippen LogP contribution < -0.4 is 5.32 Å². The van der Waals surface area contributed by atoms with Crippen molar-refractivity contribution in [1.29, 1.82) is 5.41 Å². The molecule has 1 aromatic carbocycles. The fourth-order valence-electron chi connectivity index (χ4n) is 3.66. The number of hydrogen-bond donors (Lipinski definition) is 7. The molecule has 34 heavy (non-hydrogen) atoms. The van der Waals surface area contributed by atoms with Gasteiger partial charge in [-0.2, -0.15) is 4.31 Å². The first-order valence-corrected chi connectivity index (χ1v) is 12.9. The second-order valence-corrected chi connectivity index (χ2v) is 10.4. The Bertz CT molecular complexity index is 1140. The lowest BCUT2D eigenvalue weighted by atomic mass is 10.1. The van der Waals surface area contributed by atoms with Crippen LogP contribution in [0.5, 0.6) is 0 Å². The lowest BCUT2D eigenvalue weighted by Crippen LogP contribution is -2.40. The predicted octanol–water partition coefficient (Wildman–Crippen LogP) is -0.0608. The van der Waals surface area contributed by atoms with Crippen molar-refractivity contribution in [2.45, 2.75) is 31.1 Å². The van der Waals surface area contributed by atoms with Gasteiger partial charge in [-0.15, -0.1) is 0 Å². The van der Waals surface area contributed by atoms with Crippen molar-refractivity contribution in [3.05, 3.63) is 47.9 Å². The van der Waals surface area contributed by atoms with Crippen molar-refractivity contribution in [3.8, 4) is 0 Å². The van der Waals surface area contributed by atoms with Crippen LogP contribution >= 0.6 is 15.6 Å². The molecule has 3 heterocycles. The largest absolute Gasteiger partial charge is 0.481 e. The molecule has 1 saturated heterocycles. The summed E-state index contributed by atoms with van der Waals surface area (Å²) in [6.07, 6.45) is -4.30. The molecule has 2 aliphatic rings. The highest BCUT2D eigenvalue weighted by atomic mass is 31.3. The van der Waals surface area contributed by atoms with Gasteiger partial charge in [-0.3, -0.25) is 14.5 Å². The predicted molar refractivity (Wildman–Crippen MR) is 114 cm³/mol. The van der Waals surface area contributed by atoms with Crippen LogP contribution in [-0.4, -0.2) is 76.8 Å². The topological polar surface area (TPSA) is 220 Å². The number of aliphatic hydroxyl groups excluding tert-OH is 2. The maximum absolute atomic E-state index is 11.6. The van der Waals surface area contributed by atoms with Crippen LogP contribution in [-0.2, 0) is 29.2 Å². The monoisotopic (exact) mass is 519 g/mol. The normalized spacial score (nSPS) is 26.7. The third-order valence-electron chi connectivity index (χ3n) is 5.21. The number of aromatic nitrogens is 2. The molecular weight excluding hydrogens is 496 g/mol. The number of hydrogen-bond acceptors (Lipinski definition) is 10. The fraction of sp³-hybridized carbons (Fsp3) is 0.412. The van der Waals surface area contributed by atoms with Crippen molar-refractivity contribution < 1.29 is 47.6 Å². The molecule has 0 bridgehead atoms. The number of imidazole rings is 1. The maximum Gasteiger partial charge on any atom is 0.481 e. The lowest BCUT2D eigenvalue weighted by Gasteiger charge is -2.31. The molecule has 1 aromatic heterocycles. The zero-order valence-electron chi connectivity index (χ0n) is 17.4. The number of phosphoric ester groups is 1. The highest BCUT2D eigenvalue weighted by Crippen LogP contribution is 2.57. The van der Waals surface area contributed by atoms with Gasteiger partial charge in [0.1, 0.15) is 29.8 Å². The summed E-state index contributed by atoms with van der Waals surface area (Å²) in [5, 5.41) is 32.4. The van der Waals surface area contributed by atoms with E-state index < -0.39 is 46.8 Å². The quantitative estimate of drug-likeness (QED) is 0.228. The van der Waals surface area contributed by atoms with E-state index in [2.05, 4.69) is 19.1 Å². The zero-order valence-corrected chi connectivity index (χ0v) is 19.2. The SMILES string of the molecule is N=C1c2ncn([C@@H]3O[C@H](COP(=O)(O)OP(=O)(O)O)[C@@H](O)[C@H]3O)c2NCN1Cc1ccccc1. The van der Waals surface area contributed by atoms with E-state index >= 15 is 0 Å². The van der Waals surface area contributed by atoms with Crippen LogP contribution in [0.3, 0.4) is 0 Å². The molecule has 0 saturated carbocycles. The molecule has 1 unspecified atom stereocenters. The fourth-order valence-corrected chi connectivity index (χ4v) is 5.26. The number of ether oxygens (including phenoxy) is 1. The third kappa shape index (κ3) is 5.39. The highest BCUT2D eigenvalue weighted by molar-refractivity contribution is 7.60. The van der Waals surface area contributed by atoms with Gasteiger partial charge < -0.3 is 39.8 Å². The Labute approximate surface area is 192 Å². The molecule has 1 fully saturated rings. The molecule has 0 amide bonds. The Morgan fingerprint density at radius 3 is 2.56 bits per heavy atom. The number of aliphatic hydroxyl groups is 2. The van der Waals surface area contributed by atoms with E-state index in [9.17, 15) is 24.2 Å². The lowest BCUT2D eigenvalue weighted by molar-refractivity contribution is -0.0511. The van der Waals surface area contributed by atoms with Crippen molar-refractivity contribution in [2.75, 3.05) is 18.6 Å². The smallest absolute Gasteiger partial charge is 0.387 e. The summed E-state index contributed by atoms with van der Waals surface area (Å²) >= 11 is 0. The Balaban J connectivity index is 1.45. The van der Waals surface area contributed by atoms with Gasteiger partial charge in [0.2, 0.25) is 0 Å². The summed E-state index contributed by atoms with van der Waals surface area (Å²) in [5.41, 5.74) is 1.29. The summed E-state index contributed by atoms with van der Waals surface area (Å²) in [4.78, 5) is 32.7. The summed E-state index contributed by atoms with van der Waals surface area (Å²) in [6, 6.07) is 9.56. The Morgan fingerprint density at radius 1 is 1.18 bits per heavy atom. The van der Waals surface area contributed by atoms with E-state index in [4.69, 9.17) is 19.9 Å². The number of fused-ring (bicyclic) bond motifs is 1. The van der Waals surface area contributed by atoms with E-state index in [-0.39, 0.29) is 12.5 Å². The molecule has 186 valence electrons. The molecule has 0 aliphatic carbocycles. The van der Waals surface area contributed by atoms with Crippen LogP contribution in [0.4, 0.5) is 5.82 Å². The van der Waals surface area contributed by atoms with Crippen molar-refractivity contribution in [1.82, 2.24) is 14.5 Å². The van der Waals surface area contributed by atoms with E-state index in [1.54, 1.807) is 4.90 Å². The van der Waals surface area contributed by atoms with Gasteiger partial charge in [0, 0.05) is 6.54 Å². The van der Waals surface area contributed by atoms with Crippen LogP contribution in [0.1, 0.15) is 17.5 Å². The summed E-state index contributed by atoms with van der Waals surface area (Å²) in [7, 11) is -10.5. The first kappa shape index (κ1) is 24.9. The second-order valence-electron chi connectivity index (χ2n) is 7.60. The van der Waals surface area contributed by atoms with Crippen molar-refractivity contribution in [3.63, 3.8) is 0 Å². The van der Waals surface area contributed by atoms with Gasteiger partial charge in [-0.1, -0.05) is 30.3 Å². The Kier molecular flexibility index (Phi) is 6.95. The molecule has 5 atom stereocenters. The second kappa shape index (κ2) is 9.47. The highest BCUT2D eigenvalue weighted by Gasteiger charge is 2.46. The number of nitrogens with one attached hydrogen (secondary N) is 2. The molecule has 17 heteroatoms. The van der Waals surface area contributed by atoms with Gasteiger partial charge >= 0.3 is 15.6 Å². The number of anilines is 1. The number of rotatable bonds is 8. The van der Waals surface area contributed by atoms with E-state index in [1.165, 1.54) is 10.9 Å². The Hall–Kier alpha value is -2.16. The molecule has 0 radical (unpaired) electrons. The first-order chi connectivity index (χ1) is 16.0. The summed E-state index contributed by atoms with van der Waals surface area (Å²) < 4.78 is 37.5.